The molecule has 0 atom stereocenters. The van der Waals surface area contributed by atoms with Crippen LogP contribution < -0.4 is 4.74 Å². The fourth-order valence-electron chi connectivity index (χ4n) is 4.41. The van der Waals surface area contributed by atoms with Crippen LogP contribution in [0.1, 0.15) is 43.4 Å². The topological polar surface area (TPSA) is 59.1 Å². The quantitative estimate of drug-likeness (QED) is 0.406. The zero-order valence-corrected chi connectivity index (χ0v) is 19.5. The Morgan fingerprint density at radius 2 is 1.67 bits per heavy atom. The van der Waals surface area contributed by atoms with Crippen LogP contribution in [0.15, 0.2) is 54.2 Å². The van der Waals surface area contributed by atoms with Gasteiger partial charge in [0.05, 0.1) is 12.2 Å². The molecule has 33 heavy (non-hydrogen) atoms. The number of fused-ring (bicyclic) bond motifs is 1. The summed E-state index contributed by atoms with van der Waals surface area (Å²) in [5.74, 6) is 0.324. The average molecular weight is 449 g/mol. The molecular weight excluding hydrogens is 416 g/mol. The van der Waals surface area contributed by atoms with E-state index in [2.05, 4.69) is 24.0 Å². The highest BCUT2D eigenvalue weighted by Gasteiger charge is 2.41. The zero-order chi connectivity index (χ0) is 23.2. The lowest BCUT2D eigenvalue weighted by atomic mass is 9.98. The molecule has 0 bridgehead atoms. The molecular formula is C27H32N2O4. The molecule has 6 nitrogen and oxygen atoms in total. The van der Waals surface area contributed by atoms with E-state index in [9.17, 15) is 9.59 Å². The normalized spacial score (nSPS) is 15.9. The largest absolute Gasteiger partial charge is 0.494 e. The van der Waals surface area contributed by atoms with E-state index in [1.54, 1.807) is 0 Å². The Morgan fingerprint density at radius 1 is 0.909 bits per heavy atom. The first-order valence-corrected chi connectivity index (χ1v) is 11.9. The van der Waals surface area contributed by atoms with Gasteiger partial charge >= 0.3 is 0 Å². The van der Waals surface area contributed by atoms with E-state index in [4.69, 9.17) is 9.47 Å². The standard InChI is InChI=1S/C27H32N2O4/c1-3-17-33-23-12-10-21(11-13-23)24-25(27(31)29(26(24)30)15-7-18-32-4-2)28-16-14-20-8-5-6-9-22(20)19-28/h5-6,8-13H,3-4,7,14-19H2,1-2H3. The lowest BCUT2D eigenvalue weighted by Crippen LogP contribution is -2.38. The molecule has 0 N–H and O–H groups in total. The van der Waals surface area contributed by atoms with Gasteiger partial charge in [-0.2, -0.15) is 0 Å². The van der Waals surface area contributed by atoms with E-state index in [1.807, 2.05) is 43.3 Å². The first-order chi connectivity index (χ1) is 16.1. The Balaban J connectivity index is 1.65. The van der Waals surface area contributed by atoms with Crippen molar-refractivity contribution in [3.05, 3.63) is 70.9 Å². The minimum atomic E-state index is -0.229. The predicted molar refractivity (Wildman–Crippen MR) is 128 cm³/mol. The number of ether oxygens (including phenoxy) is 2. The molecule has 2 heterocycles. The second kappa shape index (κ2) is 10.7. The Kier molecular flexibility index (Phi) is 7.45. The average Bonchev–Trinajstić information content (AvgIpc) is 3.10. The van der Waals surface area contributed by atoms with Crippen molar-refractivity contribution in [3.63, 3.8) is 0 Å². The summed E-state index contributed by atoms with van der Waals surface area (Å²) in [5.41, 5.74) is 4.25. The summed E-state index contributed by atoms with van der Waals surface area (Å²) < 4.78 is 11.1. The monoisotopic (exact) mass is 448 g/mol. The summed E-state index contributed by atoms with van der Waals surface area (Å²) in [4.78, 5) is 30.5. The summed E-state index contributed by atoms with van der Waals surface area (Å²) in [5, 5.41) is 0. The maximum atomic E-state index is 13.5. The Bertz CT molecular complexity index is 1030. The minimum Gasteiger partial charge on any atom is -0.494 e. The maximum Gasteiger partial charge on any atom is 0.277 e. The molecule has 6 heteroatoms. The molecule has 0 aliphatic carbocycles. The number of hydrogen-bond acceptors (Lipinski definition) is 5. The molecule has 0 spiro atoms. The SMILES string of the molecule is CCCOc1ccc(C2=C(N3CCc4ccccc4C3)C(=O)N(CCCOCC)C2=O)cc1. The highest BCUT2D eigenvalue weighted by Crippen LogP contribution is 2.35. The van der Waals surface area contributed by atoms with E-state index < -0.39 is 0 Å². The van der Waals surface area contributed by atoms with Crippen LogP contribution in [0.2, 0.25) is 0 Å². The van der Waals surface area contributed by atoms with Crippen LogP contribution >= 0.6 is 0 Å². The van der Waals surface area contributed by atoms with Gasteiger partial charge in [0.1, 0.15) is 11.4 Å². The molecule has 2 aliphatic heterocycles. The van der Waals surface area contributed by atoms with Crippen LogP contribution in [-0.4, -0.2) is 54.5 Å². The molecule has 2 amide bonds. The molecule has 2 aliphatic rings. The van der Waals surface area contributed by atoms with Crippen molar-refractivity contribution in [1.29, 1.82) is 0 Å². The van der Waals surface area contributed by atoms with Gasteiger partial charge in [0.2, 0.25) is 0 Å². The Hall–Kier alpha value is -3.12. The van der Waals surface area contributed by atoms with E-state index in [-0.39, 0.29) is 11.8 Å². The van der Waals surface area contributed by atoms with Crippen molar-refractivity contribution in [2.45, 2.75) is 39.7 Å². The first kappa shape index (κ1) is 23.1. The number of imide groups is 1. The third-order valence-electron chi connectivity index (χ3n) is 6.08. The summed E-state index contributed by atoms with van der Waals surface area (Å²) >= 11 is 0. The van der Waals surface area contributed by atoms with Crippen LogP contribution in [-0.2, 0) is 27.3 Å². The molecule has 2 aromatic carbocycles. The molecule has 174 valence electrons. The van der Waals surface area contributed by atoms with Gasteiger partial charge in [0, 0.05) is 32.8 Å². The summed E-state index contributed by atoms with van der Waals surface area (Å²) in [6.45, 7) is 7.47. The van der Waals surface area contributed by atoms with E-state index in [1.165, 1.54) is 16.0 Å². The Labute approximate surface area is 195 Å². The number of carbonyl (C=O) groups is 2. The molecule has 2 aromatic rings. The van der Waals surface area contributed by atoms with Crippen molar-refractivity contribution in [1.82, 2.24) is 9.80 Å². The van der Waals surface area contributed by atoms with E-state index in [0.29, 0.717) is 57.1 Å². The highest BCUT2D eigenvalue weighted by atomic mass is 16.5. The van der Waals surface area contributed by atoms with Gasteiger partial charge in [-0.15, -0.1) is 0 Å². The van der Waals surface area contributed by atoms with Crippen molar-refractivity contribution in [3.8, 4) is 5.75 Å². The molecule has 0 unspecified atom stereocenters. The first-order valence-electron chi connectivity index (χ1n) is 11.9. The second-order valence-electron chi connectivity index (χ2n) is 8.35. The van der Waals surface area contributed by atoms with Crippen molar-refractivity contribution < 1.29 is 19.1 Å². The van der Waals surface area contributed by atoms with Gasteiger partial charge in [-0.3, -0.25) is 14.5 Å². The summed E-state index contributed by atoms with van der Waals surface area (Å²) in [7, 11) is 0. The molecule has 4 rings (SSSR count). The Morgan fingerprint density at radius 3 is 2.39 bits per heavy atom. The molecule has 0 fully saturated rings. The van der Waals surface area contributed by atoms with Crippen LogP contribution in [0.25, 0.3) is 5.57 Å². The lowest BCUT2D eigenvalue weighted by Gasteiger charge is -2.31. The number of amides is 2. The van der Waals surface area contributed by atoms with E-state index in [0.717, 1.165) is 24.2 Å². The van der Waals surface area contributed by atoms with Crippen LogP contribution in [0.4, 0.5) is 0 Å². The van der Waals surface area contributed by atoms with Gasteiger partial charge in [0.15, 0.2) is 0 Å². The number of carbonyl (C=O) groups excluding carboxylic acids is 2. The highest BCUT2D eigenvalue weighted by molar-refractivity contribution is 6.35. The molecule has 0 aromatic heterocycles. The number of benzene rings is 2. The molecule has 0 radical (unpaired) electrons. The lowest BCUT2D eigenvalue weighted by molar-refractivity contribution is -0.137. The fourth-order valence-corrected chi connectivity index (χ4v) is 4.41. The zero-order valence-electron chi connectivity index (χ0n) is 19.5. The van der Waals surface area contributed by atoms with Crippen LogP contribution in [0.5, 0.6) is 5.75 Å². The number of hydrogen-bond donors (Lipinski definition) is 0. The van der Waals surface area contributed by atoms with Crippen LogP contribution in [0, 0.1) is 0 Å². The third-order valence-corrected chi connectivity index (χ3v) is 6.08. The smallest absolute Gasteiger partial charge is 0.277 e. The number of nitrogens with zero attached hydrogens (tertiary/aromatic N) is 2. The maximum absolute atomic E-state index is 13.5. The van der Waals surface area contributed by atoms with Crippen molar-refractivity contribution in [2.24, 2.45) is 0 Å². The third kappa shape index (κ3) is 4.96. The van der Waals surface area contributed by atoms with Crippen molar-refractivity contribution in [2.75, 3.05) is 32.9 Å². The second-order valence-corrected chi connectivity index (χ2v) is 8.35. The van der Waals surface area contributed by atoms with Crippen molar-refractivity contribution >= 4 is 17.4 Å². The van der Waals surface area contributed by atoms with Gasteiger partial charge in [0.25, 0.3) is 11.8 Å². The molecule has 0 saturated heterocycles. The van der Waals surface area contributed by atoms with Gasteiger partial charge in [-0.25, -0.2) is 0 Å². The van der Waals surface area contributed by atoms with Crippen LogP contribution in [0.3, 0.4) is 0 Å². The predicted octanol–water partition coefficient (Wildman–Crippen LogP) is 4.04. The summed E-state index contributed by atoms with van der Waals surface area (Å²) in [6, 6.07) is 15.8. The molecule has 0 saturated carbocycles. The fraction of sp³-hybridized carbons (Fsp3) is 0.407. The van der Waals surface area contributed by atoms with Gasteiger partial charge < -0.3 is 14.4 Å². The van der Waals surface area contributed by atoms with Gasteiger partial charge in [-0.05, 0) is 55.0 Å². The van der Waals surface area contributed by atoms with Gasteiger partial charge in [-0.1, -0.05) is 43.3 Å². The summed E-state index contributed by atoms with van der Waals surface area (Å²) in [6.07, 6.45) is 2.40. The number of rotatable bonds is 10. The van der Waals surface area contributed by atoms with E-state index >= 15 is 0 Å². The minimum absolute atomic E-state index is 0.211.